The van der Waals surface area contributed by atoms with E-state index in [9.17, 15) is 19.2 Å². The van der Waals surface area contributed by atoms with E-state index in [0.29, 0.717) is 13.2 Å². The molecule has 0 amide bonds. The molecule has 0 unspecified atom stereocenters. The van der Waals surface area contributed by atoms with Crippen molar-refractivity contribution in [3.05, 3.63) is 0 Å². The van der Waals surface area contributed by atoms with Gasteiger partial charge in [-0.25, -0.2) is 0 Å². The molecule has 0 radical (unpaired) electrons. The molecular formula is C16H26O7. The zero-order valence-corrected chi connectivity index (χ0v) is 13.8. The highest BCUT2D eigenvalue weighted by atomic mass is 16.5. The fraction of sp³-hybridized carbons (Fsp3) is 0.750. The number of carbonyl (C=O) groups excluding carboxylic acids is 3. The number of aliphatic carboxylic acids is 1. The molecule has 0 aliphatic heterocycles. The van der Waals surface area contributed by atoms with E-state index < -0.39 is 23.5 Å². The third-order valence-electron chi connectivity index (χ3n) is 3.00. The Morgan fingerprint density at radius 3 is 1.96 bits per heavy atom. The van der Waals surface area contributed by atoms with Gasteiger partial charge in [-0.05, 0) is 12.8 Å². The SMILES string of the molecule is CCCOCC(=O)C[C@H](C(=O)CCC(=O)O)C(=O)COCCC. The lowest BCUT2D eigenvalue weighted by Gasteiger charge is -2.14. The molecule has 132 valence electrons. The first-order chi connectivity index (χ1) is 10.9. The Kier molecular flexibility index (Phi) is 12.0. The molecule has 0 aromatic carbocycles. The largest absolute Gasteiger partial charge is 0.481 e. The molecule has 0 heterocycles. The molecule has 0 fully saturated rings. The Morgan fingerprint density at radius 1 is 0.870 bits per heavy atom. The maximum Gasteiger partial charge on any atom is 0.303 e. The summed E-state index contributed by atoms with van der Waals surface area (Å²) in [6, 6.07) is 0. The summed E-state index contributed by atoms with van der Waals surface area (Å²) in [6.45, 7) is 4.19. The second-order valence-electron chi connectivity index (χ2n) is 5.23. The van der Waals surface area contributed by atoms with Crippen molar-refractivity contribution in [1.82, 2.24) is 0 Å². The van der Waals surface area contributed by atoms with Crippen LogP contribution in [-0.4, -0.2) is 54.9 Å². The van der Waals surface area contributed by atoms with Gasteiger partial charge in [0.15, 0.2) is 11.6 Å². The van der Waals surface area contributed by atoms with Gasteiger partial charge in [-0.1, -0.05) is 13.8 Å². The fourth-order valence-corrected chi connectivity index (χ4v) is 1.85. The van der Waals surface area contributed by atoms with Crippen molar-refractivity contribution < 1.29 is 33.8 Å². The number of carboxylic acid groups (broad SMARTS) is 1. The average molecular weight is 330 g/mol. The Balaban J connectivity index is 4.64. The first kappa shape index (κ1) is 21.4. The average Bonchev–Trinajstić information content (AvgIpc) is 2.50. The lowest BCUT2D eigenvalue weighted by atomic mass is 9.91. The zero-order chi connectivity index (χ0) is 17.7. The minimum absolute atomic E-state index is 0.153. The van der Waals surface area contributed by atoms with Gasteiger partial charge in [0.2, 0.25) is 0 Å². The molecule has 7 nitrogen and oxygen atoms in total. The first-order valence-corrected chi connectivity index (χ1v) is 7.86. The summed E-state index contributed by atoms with van der Waals surface area (Å²) in [4.78, 5) is 46.5. The van der Waals surface area contributed by atoms with Gasteiger partial charge in [0, 0.05) is 26.1 Å². The van der Waals surface area contributed by atoms with Gasteiger partial charge in [-0.2, -0.15) is 0 Å². The van der Waals surface area contributed by atoms with E-state index in [2.05, 4.69) is 0 Å². The summed E-state index contributed by atoms with van der Waals surface area (Å²) < 4.78 is 10.2. The Labute approximate surface area is 136 Å². The van der Waals surface area contributed by atoms with E-state index in [1.54, 1.807) is 0 Å². The minimum Gasteiger partial charge on any atom is -0.481 e. The van der Waals surface area contributed by atoms with E-state index in [1.165, 1.54) is 0 Å². The van der Waals surface area contributed by atoms with Crippen molar-refractivity contribution in [3.8, 4) is 0 Å². The van der Waals surface area contributed by atoms with Crippen molar-refractivity contribution >= 4 is 23.3 Å². The normalized spacial score (nSPS) is 11.9. The molecule has 0 saturated heterocycles. The summed E-state index contributed by atoms with van der Waals surface area (Å²) in [5.41, 5.74) is 0. The second-order valence-corrected chi connectivity index (χ2v) is 5.23. The van der Waals surface area contributed by atoms with Crippen LogP contribution in [0, 0.1) is 5.92 Å². The summed E-state index contributed by atoms with van der Waals surface area (Å²) in [6.07, 6.45) is 0.588. The van der Waals surface area contributed by atoms with Crippen molar-refractivity contribution in [3.63, 3.8) is 0 Å². The van der Waals surface area contributed by atoms with Crippen LogP contribution in [0.25, 0.3) is 0 Å². The van der Waals surface area contributed by atoms with Crippen LogP contribution in [0.2, 0.25) is 0 Å². The van der Waals surface area contributed by atoms with E-state index >= 15 is 0 Å². The Bertz CT molecular complexity index is 403. The standard InChI is InChI=1S/C16H26O7/c1-3-7-22-10-12(17)9-13(14(18)5-6-16(20)21)15(19)11-23-8-4-2/h13H,3-11H2,1-2H3,(H,20,21)/t13-/m1/s1. The molecule has 0 rings (SSSR count). The van der Waals surface area contributed by atoms with E-state index in [1.807, 2.05) is 13.8 Å². The van der Waals surface area contributed by atoms with Gasteiger partial charge in [0.05, 0.1) is 12.3 Å². The molecule has 0 spiro atoms. The maximum absolute atomic E-state index is 12.1. The van der Waals surface area contributed by atoms with Crippen LogP contribution in [0.1, 0.15) is 46.0 Å². The van der Waals surface area contributed by atoms with Gasteiger partial charge >= 0.3 is 5.97 Å². The van der Waals surface area contributed by atoms with Crippen molar-refractivity contribution in [1.29, 1.82) is 0 Å². The summed E-state index contributed by atoms with van der Waals surface area (Å²) in [5, 5.41) is 8.63. The summed E-state index contributed by atoms with van der Waals surface area (Å²) in [5.74, 6) is -3.65. The summed E-state index contributed by atoms with van der Waals surface area (Å²) in [7, 11) is 0. The predicted octanol–water partition coefficient (Wildman–Crippen LogP) is 1.42. The van der Waals surface area contributed by atoms with Crippen LogP contribution in [0.5, 0.6) is 0 Å². The smallest absolute Gasteiger partial charge is 0.303 e. The molecule has 1 atom stereocenters. The van der Waals surface area contributed by atoms with Crippen LogP contribution in [0.3, 0.4) is 0 Å². The molecule has 23 heavy (non-hydrogen) atoms. The monoisotopic (exact) mass is 330 g/mol. The molecule has 0 bridgehead atoms. The topological polar surface area (TPSA) is 107 Å². The zero-order valence-electron chi connectivity index (χ0n) is 13.8. The van der Waals surface area contributed by atoms with Gasteiger partial charge in [0.25, 0.3) is 0 Å². The fourth-order valence-electron chi connectivity index (χ4n) is 1.85. The van der Waals surface area contributed by atoms with Crippen molar-refractivity contribution in [2.45, 2.75) is 46.0 Å². The highest BCUT2D eigenvalue weighted by Crippen LogP contribution is 2.12. The molecule has 0 aromatic heterocycles. The second kappa shape index (κ2) is 12.9. The number of ether oxygens (including phenoxy) is 2. The Hall–Kier alpha value is -1.60. The highest BCUT2D eigenvalue weighted by molar-refractivity contribution is 6.06. The maximum atomic E-state index is 12.1. The van der Waals surface area contributed by atoms with E-state index in [0.717, 1.165) is 12.8 Å². The molecule has 7 heteroatoms. The molecule has 0 aromatic rings. The van der Waals surface area contributed by atoms with Crippen LogP contribution in [0.4, 0.5) is 0 Å². The number of carboxylic acids is 1. The predicted molar refractivity (Wildman–Crippen MR) is 82.2 cm³/mol. The number of ketones is 3. The van der Waals surface area contributed by atoms with Crippen LogP contribution >= 0.6 is 0 Å². The number of hydrogen-bond donors (Lipinski definition) is 1. The minimum atomic E-state index is -1.15. The quantitative estimate of drug-likeness (QED) is 0.357. The van der Waals surface area contributed by atoms with E-state index in [-0.39, 0.29) is 38.3 Å². The van der Waals surface area contributed by atoms with Crippen LogP contribution < -0.4 is 0 Å². The summed E-state index contributed by atoms with van der Waals surface area (Å²) >= 11 is 0. The van der Waals surface area contributed by atoms with Gasteiger partial charge in [0.1, 0.15) is 19.0 Å². The van der Waals surface area contributed by atoms with Crippen LogP contribution in [-0.2, 0) is 28.7 Å². The number of hydrogen-bond acceptors (Lipinski definition) is 6. The molecular weight excluding hydrogens is 304 g/mol. The van der Waals surface area contributed by atoms with Crippen LogP contribution in [0.15, 0.2) is 0 Å². The number of Topliss-reactive ketones (excluding diaryl/α,β-unsaturated/α-hetero) is 3. The highest BCUT2D eigenvalue weighted by Gasteiger charge is 2.28. The van der Waals surface area contributed by atoms with Crippen molar-refractivity contribution in [2.75, 3.05) is 26.4 Å². The van der Waals surface area contributed by atoms with Gasteiger partial charge < -0.3 is 14.6 Å². The Morgan fingerprint density at radius 2 is 1.43 bits per heavy atom. The molecule has 0 saturated carbocycles. The van der Waals surface area contributed by atoms with Crippen molar-refractivity contribution in [2.24, 2.45) is 5.92 Å². The van der Waals surface area contributed by atoms with Gasteiger partial charge in [-0.3, -0.25) is 19.2 Å². The lowest BCUT2D eigenvalue weighted by molar-refractivity contribution is -0.142. The lowest BCUT2D eigenvalue weighted by Crippen LogP contribution is -2.31. The molecule has 1 N–H and O–H groups in total. The first-order valence-electron chi connectivity index (χ1n) is 7.86. The molecule has 0 aliphatic rings. The number of rotatable bonds is 15. The third kappa shape index (κ3) is 10.7. The van der Waals surface area contributed by atoms with Gasteiger partial charge in [-0.15, -0.1) is 0 Å². The third-order valence-corrected chi connectivity index (χ3v) is 3.00. The number of carbonyl (C=O) groups is 4. The van der Waals surface area contributed by atoms with E-state index in [4.69, 9.17) is 14.6 Å². The molecule has 0 aliphatic carbocycles.